The van der Waals surface area contributed by atoms with Crippen LogP contribution in [-0.4, -0.2) is 64.7 Å². The maximum atomic E-state index is 14.4. The van der Waals surface area contributed by atoms with Gasteiger partial charge in [0, 0.05) is 18.5 Å². The Morgan fingerprint density at radius 1 is 1.24 bits per heavy atom. The summed E-state index contributed by atoms with van der Waals surface area (Å²) in [6.07, 6.45) is 4.82. The molecule has 2 amide bonds. The largest absolute Gasteiger partial charge is 0.394 e. The van der Waals surface area contributed by atoms with E-state index in [-0.39, 0.29) is 35.2 Å². The third-order valence-corrected chi connectivity index (χ3v) is 8.42. The van der Waals surface area contributed by atoms with Crippen LogP contribution in [0.3, 0.4) is 0 Å². The molecule has 180 valence electrons. The zero-order valence-corrected chi connectivity index (χ0v) is 18.9. The molecule has 2 aliphatic heterocycles. The summed E-state index contributed by atoms with van der Waals surface area (Å²) in [5, 5.41) is 21.5. The SMILES string of the molecule is O=C(NC1(CO)COC1)N1CCC[C@H]([C@]23CC[C@H](C2)c2cc(-c4c(F)cccc4F)nnc23)C1. The minimum absolute atomic E-state index is 0.132. The number of hydrogen-bond donors (Lipinski definition) is 2. The van der Waals surface area contributed by atoms with Crippen LogP contribution >= 0.6 is 0 Å². The molecule has 3 heterocycles. The molecular formula is C25H28F2N4O3. The van der Waals surface area contributed by atoms with Crippen LogP contribution in [0.1, 0.15) is 49.3 Å². The summed E-state index contributed by atoms with van der Waals surface area (Å²) in [6.45, 7) is 1.80. The molecule has 0 spiro atoms. The molecule has 3 fully saturated rings. The van der Waals surface area contributed by atoms with Crippen LogP contribution in [0.5, 0.6) is 0 Å². The summed E-state index contributed by atoms with van der Waals surface area (Å²) < 4.78 is 33.9. The summed E-state index contributed by atoms with van der Waals surface area (Å²) in [4.78, 5) is 14.8. The number of aliphatic hydroxyl groups is 1. The average Bonchev–Trinajstić information content (AvgIpc) is 3.40. The second-order valence-electron chi connectivity index (χ2n) is 10.4. The monoisotopic (exact) mass is 470 g/mol. The molecule has 7 nitrogen and oxygen atoms in total. The third kappa shape index (κ3) is 3.24. The van der Waals surface area contributed by atoms with Crippen LogP contribution in [0.4, 0.5) is 13.6 Å². The maximum absolute atomic E-state index is 14.4. The number of aromatic nitrogens is 2. The van der Waals surface area contributed by atoms with Gasteiger partial charge in [-0.3, -0.25) is 0 Å². The number of amides is 2. The number of benzene rings is 1. The van der Waals surface area contributed by atoms with Crippen molar-refractivity contribution in [3.8, 4) is 11.3 Å². The molecular weight excluding hydrogens is 442 g/mol. The Morgan fingerprint density at radius 2 is 2.03 bits per heavy atom. The van der Waals surface area contributed by atoms with Crippen molar-refractivity contribution < 1.29 is 23.4 Å². The molecule has 3 atom stereocenters. The molecule has 6 rings (SSSR count). The van der Waals surface area contributed by atoms with Crippen molar-refractivity contribution in [2.75, 3.05) is 32.9 Å². The normalized spacial score (nSPS) is 29.0. The van der Waals surface area contributed by atoms with Gasteiger partial charge in [0.25, 0.3) is 0 Å². The molecule has 2 aromatic rings. The van der Waals surface area contributed by atoms with E-state index in [1.165, 1.54) is 18.2 Å². The highest BCUT2D eigenvalue weighted by Gasteiger charge is 2.56. The Morgan fingerprint density at radius 3 is 2.74 bits per heavy atom. The lowest BCUT2D eigenvalue weighted by molar-refractivity contribution is -0.0925. The lowest BCUT2D eigenvalue weighted by Gasteiger charge is -2.45. The van der Waals surface area contributed by atoms with E-state index >= 15 is 0 Å². The van der Waals surface area contributed by atoms with Crippen molar-refractivity contribution in [2.24, 2.45) is 5.92 Å². The number of ether oxygens (including phenoxy) is 1. The first-order valence-electron chi connectivity index (χ1n) is 12.0. The molecule has 1 saturated carbocycles. The number of carbonyl (C=O) groups excluding carboxylic acids is 1. The van der Waals surface area contributed by atoms with Crippen LogP contribution in [0.2, 0.25) is 0 Å². The Balaban J connectivity index is 1.26. The molecule has 0 unspecified atom stereocenters. The van der Waals surface area contributed by atoms with Gasteiger partial charge >= 0.3 is 6.03 Å². The van der Waals surface area contributed by atoms with E-state index in [0.717, 1.165) is 43.4 Å². The second-order valence-corrected chi connectivity index (χ2v) is 10.4. The fraction of sp³-hybridized carbons (Fsp3) is 0.560. The standard InChI is InChI=1S/C25H28F2N4O3/c26-18-4-1-5-19(27)21(18)20-9-17-15-6-7-25(10-15,22(17)30-29-20)16-3-2-8-31(11-16)23(33)28-24(12-32)13-34-14-24/h1,4-5,9,15-16,32H,2-3,6-8,10-14H2,(H,28,33)/t15-,16+,25+/m1/s1. The number of halogens is 2. The van der Waals surface area contributed by atoms with E-state index in [0.29, 0.717) is 32.2 Å². The van der Waals surface area contributed by atoms with Gasteiger partial charge in [-0.15, -0.1) is 0 Å². The fourth-order valence-electron chi connectivity index (χ4n) is 6.56. The highest BCUT2D eigenvalue weighted by Crippen LogP contribution is 2.61. The minimum Gasteiger partial charge on any atom is -0.394 e. The number of piperidine rings is 1. The van der Waals surface area contributed by atoms with E-state index in [1.54, 1.807) is 0 Å². The first kappa shape index (κ1) is 21.9. The molecule has 4 aliphatic rings. The highest BCUT2D eigenvalue weighted by molar-refractivity contribution is 5.75. The van der Waals surface area contributed by atoms with Crippen LogP contribution in [0.25, 0.3) is 11.3 Å². The zero-order valence-electron chi connectivity index (χ0n) is 18.9. The van der Waals surface area contributed by atoms with Gasteiger partial charge in [-0.2, -0.15) is 10.2 Å². The average molecular weight is 471 g/mol. The smallest absolute Gasteiger partial charge is 0.318 e. The predicted molar refractivity (Wildman–Crippen MR) is 119 cm³/mol. The van der Waals surface area contributed by atoms with Gasteiger partial charge in [-0.05, 0) is 67.7 Å². The highest BCUT2D eigenvalue weighted by atomic mass is 19.1. The first-order valence-corrected chi connectivity index (χ1v) is 12.0. The first-order chi connectivity index (χ1) is 16.4. The molecule has 2 N–H and O–H groups in total. The molecule has 9 heteroatoms. The Bertz CT molecular complexity index is 1120. The van der Waals surface area contributed by atoms with Crippen LogP contribution < -0.4 is 5.32 Å². The van der Waals surface area contributed by atoms with Gasteiger partial charge in [0.05, 0.1) is 36.8 Å². The van der Waals surface area contributed by atoms with Gasteiger partial charge in [-0.1, -0.05) is 6.07 Å². The summed E-state index contributed by atoms with van der Waals surface area (Å²) in [7, 11) is 0. The number of nitrogens with one attached hydrogen (secondary N) is 1. The molecule has 34 heavy (non-hydrogen) atoms. The number of hydrogen-bond acceptors (Lipinski definition) is 5. The Kier molecular flexibility index (Phi) is 5.11. The zero-order chi connectivity index (χ0) is 23.5. The van der Waals surface area contributed by atoms with Crippen LogP contribution in [-0.2, 0) is 10.2 Å². The number of aliphatic hydroxyl groups excluding tert-OH is 1. The van der Waals surface area contributed by atoms with E-state index in [4.69, 9.17) is 4.74 Å². The Hall–Kier alpha value is -2.65. The van der Waals surface area contributed by atoms with E-state index in [2.05, 4.69) is 15.5 Å². The van der Waals surface area contributed by atoms with Crippen molar-refractivity contribution in [3.63, 3.8) is 0 Å². The molecule has 2 bridgehead atoms. The molecule has 1 aromatic heterocycles. The predicted octanol–water partition coefficient (Wildman–Crippen LogP) is 3.12. The molecule has 2 saturated heterocycles. The molecule has 2 aliphatic carbocycles. The van der Waals surface area contributed by atoms with Crippen LogP contribution in [0.15, 0.2) is 24.3 Å². The lowest BCUT2D eigenvalue weighted by Crippen LogP contribution is -2.67. The third-order valence-electron chi connectivity index (χ3n) is 8.42. The maximum Gasteiger partial charge on any atom is 0.318 e. The van der Waals surface area contributed by atoms with Crippen molar-refractivity contribution in [1.29, 1.82) is 0 Å². The van der Waals surface area contributed by atoms with Crippen LogP contribution in [0, 0.1) is 17.6 Å². The lowest BCUT2D eigenvalue weighted by atomic mass is 9.69. The number of nitrogens with zero attached hydrogens (tertiary/aromatic N) is 3. The van der Waals surface area contributed by atoms with Crippen molar-refractivity contribution in [3.05, 3.63) is 47.2 Å². The summed E-state index contributed by atoms with van der Waals surface area (Å²) in [5.41, 5.74) is 1.26. The number of fused-ring (bicyclic) bond motifs is 5. The minimum atomic E-state index is -0.676. The van der Waals surface area contributed by atoms with Crippen molar-refractivity contribution in [2.45, 2.75) is 49.0 Å². The number of rotatable bonds is 4. The molecule has 0 radical (unpaired) electrons. The van der Waals surface area contributed by atoms with E-state index < -0.39 is 17.2 Å². The van der Waals surface area contributed by atoms with Gasteiger partial charge in [-0.25, -0.2) is 13.6 Å². The van der Waals surface area contributed by atoms with Gasteiger partial charge in [0.1, 0.15) is 17.2 Å². The molecule has 1 aromatic carbocycles. The summed E-state index contributed by atoms with van der Waals surface area (Å²) >= 11 is 0. The topological polar surface area (TPSA) is 87.6 Å². The number of urea groups is 1. The summed E-state index contributed by atoms with van der Waals surface area (Å²) in [5.74, 6) is -0.739. The summed E-state index contributed by atoms with van der Waals surface area (Å²) in [6, 6.07) is 5.47. The van der Waals surface area contributed by atoms with Crippen molar-refractivity contribution >= 4 is 6.03 Å². The number of carbonyl (C=O) groups is 1. The van der Waals surface area contributed by atoms with E-state index in [1.807, 2.05) is 11.0 Å². The van der Waals surface area contributed by atoms with Gasteiger partial charge in [0.15, 0.2) is 0 Å². The van der Waals surface area contributed by atoms with Crippen molar-refractivity contribution in [1.82, 2.24) is 20.4 Å². The van der Waals surface area contributed by atoms with Gasteiger partial charge < -0.3 is 20.1 Å². The quantitative estimate of drug-likeness (QED) is 0.717. The number of likely N-dealkylation sites (tertiary alicyclic amines) is 1. The Labute approximate surface area is 196 Å². The van der Waals surface area contributed by atoms with E-state index in [9.17, 15) is 18.7 Å². The second kappa shape index (κ2) is 7.95. The fourth-order valence-corrected chi connectivity index (χ4v) is 6.56. The van der Waals surface area contributed by atoms with Gasteiger partial charge in [0.2, 0.25) is 0 Å².